The standard InChI is InChI=1S/C17H20N6O/c18-10-13-3-5-14(6-4-13)11-20-17(24)16-12-23(22-21-16)15-2-1-8-19-9-7-15/h3-6,12,15,19H,1-2,7-9,11H2,(H,20,24). The van der Waals surface area contributed by atoms with Gasteiger partial charge in [-0.15, -0.1) is 5.10 Å². The van der Waals surface area contributed by atoms with E-state index >= 15 is 0 Å². The Morgan fingerprint density at radius 3 is 2.96 bits per heavy atom. The van der Waals surface area contributed by atoms with E-state index in [1.807, 2.05) is 16.8 Å². The third-order valence-electron chi connectivity index (χ3n) is 4.20. The summed E-state index contributed by atoms with van der Waals surface area (Å²) in [7, 11) is 0. The Bertz CT molecular complexity index is 722. The fraction of sp³-hybridized carbons (Fsp3) is 0.412. The lowest BCUT2D eigenvalue weighted by Crippen LogP contribution is -2.23. The number of amides is 1. The van der Waals surface area contributed by atoms with E-state index in [-0.39, 0.29) is 5.91 Å². The van der Waals surface area contributed by atoms with E-state index in [0.29, 0.717) is 23.8 Å². The van der Waals surface area contributed by atoms with Crippen molar-refractivity contribution in [2.45, 2.75) is 31.8 Å². The van der Waals surface area contributed by atoms with Crippen molar-refractivity contribution in [2.75, 3.05) is 13.1 Å². The minimum atomic E-state index is -0.239. The van der Waals surface area contributed by atoms with Gasteiger partial charge in [0.15, 0.2) is 5.69 Å². The average molecular weight is 324 g/mol. The van der Waals surface area contributed by atoms with Crippen LogP contribution in [-0.2, 0) is 6.54 Å². The molecule has 0 aliphatic carbocycles. The van der Waals surface area contributed by atoms with Crippen molar-refractivity contribution in [3.63, 3.8) is 0 Å². The summed E-state index contributed by atoms with van der Waals surface area (Å²) < 4.78 is 1.81. The molecular formula is C17H20N6O. The maximum Gasteiger partial charge on any atom is 0.273 e. The lowest BCUT2D eigenvalue weighted by molar-refractivity contribution is 0.0946. The van der Waals surface area contributed by atoms with Crippen LogP contribution in [0.2, 0.25) is 0 Å². The van der Waals surface area contributed by atoms with Gasteiger partial charge in [-0.05, 0) is 50.0 Å². The maximum absolute atomic E-state index is 12.2. The molecule has 7 heteroatoms. The summed E-state index contributed by atoms with van der Waals surface area (Å²) in [5.41, 5.74) is 1.87. The molecule has 1 aliphatic heterocycles. The molecule has 3 rings (SSSR count). The second-order valence-electron chi connectivity index (χ2n) is 5.91. The van der Waals surface area contributed by atoms with Gasteiger partial charge in [-0.25, -0.2) is 4.68 Å². The fourth-order valence-corrected chi connectivity index (χ4v) is 2.79. The van der Waals surface area contributed by atoms with Gasteiger partial charge in [0.25, 0.3) is 5.91 Å². The highest BCUT2D eigenvalue weighted by Crippen LogP contribution is 2.18. The molecule has 1 aliphatic rings. The number of hydrogen-bond donors (Lipinski definition) is 2. The van der Waals surface area contributed by atoms with E-state index in [4.69, 9.17) is 5.26 Å². The van der Waals surface area contributed by atoms with E-state index in [1.165, 1.54) is 0 Å². The van der Waals surface area contributed by atoms with E-state index in [9.17, 15) is 4.79 Å². The SMILES string of the molecule is N#Cc1ccc(CNC(=O)c2cn(C3CCCNCC3)nn2)cc1. The van der Waals surface area contributed by atoms with Gasteiger partial charge in [0.2, 0.25) is 0 Å². The van der Waals surface area contributed by atoms with Crippen molar-refractivity contribution in [1.82, 2.24) is 25.6 Å². The predicted molar refractivity (Wildman–Crippen MR) is 88.1 cm³/mol. The summed E-state index contributed by atoms with van der Waals surface area (Å²) in [5, 5.41) is 23.1. The van der Waals surface area contributed by atoms with Crippen LogP contribution in [-0.4, -0.2) is 34.0 Å². The summed E-state index contributed by atoms with van der Waals surface area (Å²) in [6, 6.07) is 9.49. The molecule has 2 aromatic rings. The van der Waals surface area contributed by atoms with Gasteiger partial charge in [-0.1, -0.05) is 17.3 Å². The summed E-state index contributed by atoms with van der Waals surface area (Å²) in [5.74, 6) is -0.239. The predicted octanol–water partition coefficient (Wildman–Crippen LogP) is 1.39. The Morgan fingerprint density at radius 1 is 1.33 bits per heavy atom. The zero-order chi connectivity index (χ0) is 16.8. The van der Waals surface area contributed by atoms with Crippen molar-refractivity contribution >= 4 is 5.91 Å². The third kappa shape index (κ3) is 3.97. The fourth-order valence-electron chi connectivity index (χ4n) is 2.79. The molecule has 1 aromatic carbocycles. The minimum absolute atomic E-state index is 0.239. The molecule has 0 bridgehead atoms. The number of carbonyl (C=O) groups excluding carboxylic acids is 1. The molecule has 124 valence electrons. The number of benzene rings is 1. The number of nitrogens with one attached hydrogen (secondary N) is 2. The molecule has 1 aromatic heterocycles. The van der Waals surface area contributed by atoms with Crippen LogP contribution in [0.4, 0.5) is 0 Å². The molecule has 2 N–H and O–H groups in total. The van der Waals surface area contributed by atoms with Gasteiger partial charge in [-0.2, -0.15) is 5.26 Å². The van der Waals surface area contributed by atoms with Crippen LogP contribution in [0.3, 0.4) is 0 Å². The summed E-state index contributed by atoms with van der Waals surface area (Å²) in [6.07, 6.45) is 4.87. The molecule has 2 heterocycles. The van der Waals surface area contributed by atoms with Crippen LogP contribution in [0.15, 0.2) is 30.5 Å². The smallest absolute Gasteiger partial charge is 0.273 e. The Balaban J connectivity index is 1.57. The molecule has 1 fully saturated rings. The van der Waals surface area contributed by atoms with Crippen molar-refractivity contribution < 1.29 is 4.79 Å². The first-order valence-electron chi connectivity index (χ1n) is 8.16. The van der Waals surface area contributed by atoms with Gasteiger partial charge >= 0.3 is 0 Å². The average Bonchev–Trinajstić information content (AvgIpc) is 2.96. The van der Waals surface area contributed by atoms with Crippen LogP contribution >= 0.6 is 0 Å². The van der Waals surface area contributed by atoms with Crippen LogP contribution in [0.1, 0.15) is 46.9 Å². The molecular weight excluding hydrogens is 304 g/mol. The van der Waals surface area contributed by atoms with Crippen LogP contribution in [0.25, 0.3) is 0 Å². The number of nitrogens with zero attached hydrogens (tertiary/aromatic N) is 4. The Kier molecular flexibility index (Phi) is 5.18. The van der Waals surface area contributed by atoms with Crippen LogP contribution in [0, 0.1) is 11.3 Å². The molecule has 7 nitrogen and oxygen atoms in total. The Labute approximate surface area is 140 Å². The first-order chi connectivity index (χ1) is 11.8. The lowest BCUT2D eigenvalue weighted by atomic mass is 10.1. The zero-order valence-electron chi connectivity index (χ0n) is 13.4. The first kappa shape index (κ1) is 16.1. The minimum Gasteiger partial charge on any atom is -0.347 e. The van der Waals surface area contributed by atoms with Gasteiger partial charge in [-0.3, -0.25) is 4.79 Å². The summed E-state index contributed by atoms with van der Waals surface area (Å²) in [6.45, 7) is 2.39. The number of aromatic nitrogens is 3. The molecule has 1 atom stereocenters. The Hall–Kier alpha value is -2.72. The topological polar surface area (TPSA) is 95.6 Å². The molecule has 1 unspecified atom stereocenters. The second kappa shape index (κ2) is 7.70. The normalized spacial score (nSPS) is 17.7. The molecule has 1 saturated heterocycles. The van der Waals surface area contributed by atoms with E-state index in [1.54, 1.807) is 18.3 Å². The number of carbonyl (C=O) groups is 1. The molecule has 0 spiro atoms. The van der Waals surface area contributed by atoms with Crippen molar-refractivity contribution in [2.24, 2.45) is 0 Å². The number of hydrogen-bond acceptors (Lipinski definition) is 5. The highest BCUT2D eigenvalue weighted by Gasteiger charge is 2.17. The highest BCUT2D eigenvalue weighted by atomic mass is 16.2. The Morgan fingerprint density at radius 2 is 2.17 bits per heavy atom. The maximum atomic E-state index is 12.2. The molecule has 0 radical (unpaired) electrons. The lowest BCUT2D eigenvalue weighted by Gasteiger charge is -2.12. The highest BCUT2D eigenvalue weighted by molar-refractivity contribution is 5.91. The van der Waals surface area contributed by atoms with Gasteiger partial charge in [0.1, 0.15) is 0 Å². The monoisotopic (exact) mass is 324 g/mol. The van der Waals surface area contributed by atoms with Crippen molar-refractivity contribution in [3.05, 3.63) is 47.3 Å². The van der Waals surface area contributed by atoms with Crippen molar-refractivity contribution in [1.29, 1.82) is 5.26 Å². The molecule has 24 heavy (non-hydrogen) atoms. The molecule has 0 saturated carbocycles. The van der Waals surface area contributed by atoms with E-state index in [2.05, 4.69) is 27.0 Å². The van der Waals surface area contributed by atoms with Gasteiger partial charge < -0.3 is 10.6 Å². The van der Waals surface area contributed by atoms with E-state index in [0.717, 1.165) is 37.9 Å². The quantitative estimate of drug-likeness (QED) is 0.886. The van der Waals surface area contributed by atoms with Crippen LogP contribution < -0.4 is 10.6 Å². The zero-order valence-corrected chi connectivity index (χ0v) is 13.4. The third-order valence-corrected chi connectivity index (χ3v) is 4.20. The summed E-state index contributed by atoms with van der Waals surface area (Å²) in [4.78, 5) is 12.2. The number of rotatable bonds is 4. The molecule has 1 amide bonds. The number of nitriles is 1. The van der Waals surface area contributed by atoms with E-state index < -0.39 is 0 Å². The summed E-state index contributed by atoms with van der Waals surface area (Å²) >= 11 is 0. The van der Waals surface area contributed by atoms with Gasteiger partial charge in [0.05, 0.1) is 23.9 Å². The first-order valence-corrected chi connectivity index (χ1v) is 8.16. The largest absolute Gasteiger partial charge is 0.347 e. The van der Waals surface area contributed by atoms with Crippen LogP contribution in [0.5, 0.6) is 0 Å². The second-order valence-corrected chi connectivity index (χ2v) is 5.91. The van der Waals surface area contributed by atoms with Gasteiger partial charge in [0, 0.05) is 6.54 Å². The van der Waals surface area contributed by atoms with Crippen molar-refractivity contribution in [3.8, 4) is 6.07 Å².